The van der Waals surface area contributed by atoms with Crippen molar-refractivity contribution >= 4 is 5.90 Å². The maximum atomic E-state index is 5.96. The Morgan fingerprint density at radius 2 is 2.18 bits per heavy atom. The van der Waals surface area contributed by atoms with E-state index in [2.05, 4.69) is 34.6 Å². The van der Waals surface area contributed by atoms with Crippen LogP contribution in [0.25, 0.3) is 0 Å². The SMILES string of the molecule is c1ccc(CC2CN=C(C3CCNC3)O2)cc1. The van der Waals surface area contributed by atoms with Crippen molar-refractivity contribution in [1.29, 1.82) is 0 Å². The lowest BCUT2D eigenvalue weighted by atomic mass is 10.1. The van der Waals surface area contributed by atoms with Crippen LogP contribution in [0.2, 0.25) is 0 Å². The highest BCUT2D eigenvalue weighted by Gasteiger charge is 2.28. The summed E-state index contributed by atoms with van der Waals surface area (Å²) >= 11 is 0. The van der Waals surface area contributed by atoms with Gasteiger partial charge in [-0.25, -0.2) is 0 Å². The molecule has 2 atom stereocenters. The zero-order chi connectivity index (χ0) is 11.5. The summed E-state index contributed by atoms with van der Waals surface area (Å²) in [7, 11) is 0. The first-order valence-electron chi connectivity index (χ1n) is 6.37. The molecule has 1 aromatic carbocycles. The summed E-state index contributed by atoms with van der Waals surface area (Å²) < 4.78 is 5.96. The first-order chi connectivity index (χ1) is 8.42. The zero-order valence-electron chi connectivity index (χ0n) is 9.93. The lowest BCUT2D eigenvalue weighted by Gasteiger charge is -2.14. The van der Waals surface area contributed by atoms with Crippen LogP contribution in [-0.4, -0.2) is 31.6 Å². The zero-order valence-corrected chi connectivity index (χ0v) is 9.93. The monoisotopic (exact) mass is 230 g/mol. The molecule has 0 aromatic heterocycles. The maximum Gasteiger partial charge on any atom is 0.188 e. The normalized spacial score (nSPS) is 27.9. The summed E-state index contributed by atoms with van der Waals surface area (Å²) in [5.74, 6) is 1.49. The van der Waals surface area contributed by atoms with Crippen molar-refractivity contribution in [3.8, 4) is 0 Å². The second kappa shape index (κ2) is 4.88. The Bertz CT molecular complexity index is 396. The number of nitrogens with zero attached hydrogens (tertiary/aromatic N) is 1. The van der Waals surface area contributed by atoms with Gasteiger partial charge in [-0.15, -0.1) is 0 Å². The van der Waals surface area contributed by atoms with Crippen molar-refractivity contribution in [2.45, 2.75) is 18.9 Å². The van der Waals surface area contributed by atoms with E-state index in [1.54, 1.807) is 0 Å². The van der Waals surface area contributed by atoms with E-state index in [0.717, 1.165) is 38.4 Å². The van der Waals surface area contributed by atoms with Crippen LogP contribution in [0.15, 0.2) is 35.3 Å². The van der Waals surface area contributed by atoms with E-state index in [4.69, 9.17) is 4.74 Å². The molecule has 2 aliphatic heterocycles. The van der Waals surface area contributed by atoms with Crippen molar-refractivity contribution in [2.24, 2.45) is 10.9 Å². The van der Waals surface area contributed by atoms with Gasteiger partial charge in [0.25, 0.3) is 0 Å². The van der Waals surface area contributed by atoms with Gasteiger partial charge < -0.3 is 10.1 Å². The van der Waals surface area contributed by atoms with E-state index in [-0.39, 0.29) is 6.10 Å². The molecule has 0 aliphatic carbocycles. The third-order valence-electron chi connectivity index (χ3n) is 3.45. The molecule has 2 heterocycles. The number of rotatable bonds is 3. The molecular formula is C14H18N2O. The van der Waals surface area contributed by atoms with Gasteiger partial charge in [0, 0.05) is 18.9 Å². The maximum absolute atomic E-state index is 5.96. The summed E-state index contributed by atoms with van der Waals surface area (Å²) in [6.45, 7) is 2.94. The van der Waals surface area contributed by atoms with Gasteiger partial charge in [0.2, 0.25) is 0 Å². The van der Waals surface area contributed by atoms with Crippen LogP contribution in [0.1, 0.15) is 12.0 Å². The average molecular weight is 230 g/mol. The van der Waals surface area contributed by atoms with Crippen LogP contribution in [0.4, 0.5) is 0 Å². The lowest BCUT2D eigenvalue weighted by molar-refractivity contribution is 0.212. The van der Waals surface area contributed by atoms with Gasteiger partial charge in [0.1, 0.15) is 6.10 Å². The molecule has 0 bridgehead atoms. The number of hydrogen-bond acceptors (Lipinski definition) is 3. The van der Waals surface area contributed by atoms with E-state index in [1.165, 1.54) is 5.56 Å². The second-order valence-corrected chi connectivity index (χ2v) is 4.80. The Balaban J connectivity index is 1.56. The quantitative estimate of drug-likeness (QED) is 0.856. The molecule has 2 unspecified atom stereocenters. The topological polar surface area (TPSA) is 33.6 Å². The van der Waals surface area contributed by atoms with Gasteiger partial charge in [0.05, 0.1) is 6.54 Å². The van der Waals surface area contributed by atoms with Crippen LogP contribution in [0.3, 0.4) is 0 Å². The third kappa shape index (κ3) is 2.50. The molecule has 3 heteroatoms. The Hall–Kier alpha value is -1.35. The minimum absolute atomic E-state index is 0.244. The molecule has 1 saturated heterocycles. The molecule has 0 radical (unpaired) electrons. The van der Waals surface area contributed by atoms with Crippen molar-refractivity contribution in [3.63, 3.8) is 0 Å². The molecular weight excluding hydrogens is 212 g/mol. The van der Waals surface area contributed by atoms with E-state index in [1.807, 2.05) is 6.07 Å². The third-order valence-corrected chi connectivity index (χ3v) is 3.45. The molecule has 1 aromatic rings. The number of benzene rings is 1. The van der Waals surface area contributed by atoms with Crippen molar-refractivity contribution in [1.82, 2.24) is 5.32 Å². The molecule has 1 N–H and O–H groups in total. The van der Waals surface area contributed by atoms with Gasteiger partial charge in [-0.2, -0.15) is 0 Å². The first-order valence-corrected chi connectivity index (χ1v) is 6.37. The van der Waals surface area contributed by atoms with Crippen molar-refractivity contribution in [2.75, 3.05) is 19.6 Å². The fourth-order valence-corrected chi connectivity index (χ4v) is 2.51. The van der Waals surface area contributed by atoms with E-state index in [0.29, 0.717) is 5.92 Å². The molecule has 3 nitrogen and oxygen atoms in total. The van der Waals surface area contributed by atoms with Gasteiger partial charge in [-0.3, -0.25) is 4.99 Å². The number of nitrogens with one attached hydrogen (secondary N) is 1. The van der Waals surface area contributed by atoms with Gasteiger partial charge in [0.15, 0.2) is 5.90 Å². The smallest absolute Gasteiger partial charge is 0.188 e. The summed E-state index contributed by atoms with van der Waals surface area (Å²) in [5, 5.41) is 3.35. The molecule has 1 fully saturated rings. The molecule has 90 valence electrons. The van der Waals surface area contributed by atoms with E-state index in [9.17, 15) is 0 Å². The predicted molar refractivity (Wildman–Crippen MR) is 68.3 cm³/mol. The standard InChI is InChI=1S/C14H18N2O/c1-2-4-11(5-3-1)8-13-10-16-14(17-13)12-6-7-15-9-12/h1-5,12-13,15H,6-10H2. The molecule has 0 spiro atoms. The minimum Gasteiger partial charge on any atom is -0.475 e. The highest BCUT2D eigenvalue weighted by Crippen LogP contribution is 2.19. The van der Waals surface area contributed by atoms with Crippen LogP contribution >= 0.6 is 0 Å². The Morgan fingerprint density at radius 3 is 2.94 bits per heavy atom. The van der Waals surface area contributed by atoms with Crippen molar-refractivity contribution < 1.29 is 4.74 Å². The van der Waals surface area contributed by atoms with E-state index < -0.39 is 0 Å². The Kier molecular flexibility index (Phi) is 3.10. The molecule has 17 heavy (non-hydrogen) atoms. The summed E-state index contributed by atoms with van der Waals surface area (Å²) in [6, 6.07) is 10.5. The van der Waals surface area contributed by atoms with Crippen LogP contribution in [0, 0.1) is 5.92 Å². The van der Waals surface area contributed by atoms with Crippen molar-refractivity contribution in [3.05, 3.63) is 35.9 Å². The number of aliphatic imine (C=N–C) groups is 1. The van der Waals surface area contributed by atoms with E-state index >= 15 is 0 Å². The minimum atomic E-state index is 0.244. The first kappa shape index (κ1) is 10.8. The number of ether oxygens (including phenoxy) is 1. The fourth-order valence-electron chi connectivity index (χ4n) is 2.51. The Morgan fingerprint density at radius 1 is 1.29 bits per heavy atom. The van der Waals surface area contributed by atoms with Crippen LogP contribution in [-0.2, 0) is 11.2 Å². The molecule has 3 rings (SSSR count). The largest absolute Gasteiger partial charge is 0.475 e. The highest BCUT2D eigenvalue weighted by molar-refractivity contribution is 5.80. The lowest BCUT2D eigenvalue weighted by Crippen LogP contribution is -2.22. The number of hydrogen-bond donors (Lipinski definition) is 1. The van der Waals surface area contributed by atoms with Gasteiger partial charge in [-0.05, 0) is 18.5 Å². The molecule has 2 aliphatic rings. The summed E-state index contributed by atoms with van der Waals surface area (Å²) in [5.41, 5.74) is 1.33. The highest BCUT2D eigenvalue weighted by atomic mass is 16.5. The van der Waals surface area contributed by atoms with Crippen LogP contribution in [0.5, 0.6) is 0 Å². The summed E-state index contributed by atoms with van der Waals surface area (Å²) in [4.78, 5) is 4.55. The van der Waals surface area contributed by atoms with Crippen LogP contribution < -0.4 is 5.32 Å². The summed E-state index contributed by atoms with van der Waals surface area (Å²) in [6.07, 6.45) is 2.37. The Labute approximate surface area is 102 Å². The molecule has 0 saturated carbocycles. The molecule has 0 amide bonds. The fraction of sp³-hybridized carbons (Fsp3) is 0.500. The van der Waals surface area contributed by atoms with Gasteiger partial charge >= 0.3 is 0 Å². The average Bonchev–Trinajstić information content (AvgIpc) is 3.00. The predicted octanol–water partition coefficient (Wildman–Crippen LogP) is 1.64. The second-order valence-electron chi connectivity index (χ2n) is 4.80. The van der Waals surface area contributed by atoms with Gasteiger partial charge in [-0.1, -0.05) is 30.3 Å².